The standard InChI is InChI=1S/C10H10FNO3/c11-7-2-1-6-3-8(5-10(13)14)12-15-9(6)4-7/h1-2,4,8,12H,3,5H2,(H,13,14)/t8-/m1/s1. The van der Waals surface area contributed by atoms with Gasteiger partial charge in [-0.2, -0.15) is 5.48 Å². The van der Waals surface area contributed by atoms with Crippen LogP contribution in [0.25, 0.3) is 0 Å². The topological polar surface area (TPSA) is 58.6 Å². The number of aliphatic carboxylic acids is 1. The van der Waals surface area contributed by atoms with Gasteiger partial charge < -0.3 is 9.94 Å². The van der Waals surface area contributed by atoms with Crippen molar-refractivity contribution in [3.63, 3.8) is 0 Å². The molecule has 0 spiro atoms. The van der Waals surface area contributed by atoms with Crippen molar-refractivity contribution >= 4 is 5.97 Å². The molecule has 0 unspecified atom stereocenters. The Morgan fingerprint density at radius 1 is 1.67 bits per heavy atom. The van der Waals surface area contributed by atoms with E-state index in [4.69, 9.17) is 9.94 Å². The first-order valence-corrected chi connectivity index (χ1v) is 4.58. The SMILES string of the molecule is O=C(O)C[C@H]1Cc2ccc(F)cc2ON1. The molecule has 2 N–H and O–H groups in total. The zero-order valence-corrected chi connectivity index (χ0v) is 7.87. The van der Waals surface area contributed by atoms with Gasteiger partial charge in [0.15, 0.2) is 5.75 Å². The summed E-state index contributed by atoms with van der Waals surface area (Å²) in [7, 11) is 0. The molecule has 1 heterocycles. The second kappa shape index (κ2) is 3.86. The van der Waals surface area contributed by atoms with Gasteiger partial charge in [-0.05, 0) is 18.1 Å². The first-order chi connectivity index (χ1) is 7.15. The highest BCUT2D eigenvalue weighted by Gasteiger charge is 2.21. The molecule has 0 saturated heterocycles. The van der Waals surface area contributed by atoms with Crippen LogP contribution in [0.2, 0.25) is 0 Å². The summed E-state index contributed by atoms with van der Waals surface area (Å²) >= 11 is 0. The molecular weight excluding hydrogens is 201 g/mol. The molecule has 1 atom stereocenters. The van der Waals surface area contributed by atoms with Gasteiger partial charge in [0, 0.05) is 6.07 Å². The zero-order valence-electron chi connectivity index (χ0n) is 7.87. The van der Waals surface area contributed by atoms with Crippen LogP contribution in [0.4, 0.5) is 4.39 Å². The van der Waals surface area contributed by atoms with Crippen LogP contribution in [0, 0.1) is 5.82 Å². The first kappa shape index (κ1) is 9.92. The summed E-state index contributed by atoms with van der Waals surface area (Å²) in [5.41, 5.74) is 3.41. The van der Waals surface area contributed by atoms with E-state index in [-0.39, 0.29) is 18.3 Å². The van der Waals surface area contributed by atoms with Crippen molar-refractivity contribution in [2.45, 2.75) is 18.9 Å². The maximum atomic E-state index is 12.8. The minimum Gasteiger partial charge on any atom is -0.481 e. The Morgan fingerprint density at radius 2 is 2.47 bits per heavy atom. The first-order valence-electron chi connectivity index (χ1n) is 4.58. The number of hydroxylamine groups is 1. The number of rotatable bonds is 2. The normalized spacial score (nSPS) is 19.1. The van der Waals surface area contributed by atoms with Gasteiger partial charge in [-0.1, -0.05) is 6.07 Å². The lowest BCUT2D eigenvalue weighted by molar-refractivity contribution is -0.138. The highest BCUT2D eigenvalue weighted by Crippen LogP contribution is 2.24. The average Bonchev–Trinajstić information content (AvgIpc) is 2.17. The van der Waals surface area contributed by atoms with Crippen LogP contribution >= 0.6 is 0 Å². The number of halogens is 1. The van der Waals surface area contributed by atoms with Crippen LogP contribution in [0.1, 0.15) is 12.0 Å². The van der Waals surface area contributed by atoms with E-state index in [1.165, 1.54) is 12.1 Å². The van der Waals surface area contributed by atoms with Gasteiger partial charge in [0.05, 0.1) is 12.5 Å². The minimum absolute atomic E-state index is 0.0170. The predicted molar refractivity (Wildman–Crippen MR) is 49.9 cm³/mol. The third kappa shape index (κ3) is 2.24. The molecule has 5 heteroatoms. The molecule has 1 aromatic carbocycles. The highest BCUT2D eigenvalue weighted by molar-refractivity contribution is 5.67. The van der Waals surface area contributed by atoms with Crippen molar-refractivity contribution in [2.75, 3.05) is 0 Å². The van der Waals surface area contributed by atoms with Crippen LogP contribution in [0.3, 0.4) is 0 Å². The Morgan fingerprint density at radius 3 is 3.20 bits per heavy atom. The number of hydrogen-bond donors (Lipinski definition) is 2. The monoisotopic (exact) mass is 211 g/mol. The van der Waals surface area contributed by atoms with E-state index in [2.05, 4.69) is 5.48 Å². The summed E-state index contributed by atoms with van der Waals surface area (Å²) in [5, 5.41) is 8.60. The quantitative estimate of drug-likeness (QED) is 0.769. The molecule has 0 bridgehead atoms. The second-order valence-corrected chi connectivity index (χ2v) is 3.47. The van der Waals surface area contributed by atoms with Crippen molar-refractivity contribution in [3.05, 3.63) is 29.6 Å². The van der Waals surface area contributed by atoms with Crippen LogP contribution in [-0.4, -0.2) is 17.1 Å². The Balaban J connectivity index is 2.13. The Kier molecular flexibility index (Phi) is 2.55. The molecule has 1 aromatic rings. The van der Waals surface area contributed by atoms with E-state index in [1.807, 2.05) is 0 Å². The fourth-order valence-corrected chi connectivity index (χ4v) is 1.57. The molecule has 0 aromatic heterocycles. The number of nitrogens with one attached hydrogen (secondary N) is 1. The molecule has 0 fully saturated rings. The van der Waals surface area contributed by atoms with Crippen LogP contribution in [0.15, 0.2) is 18.2 Å². The summed E-state index contributed by atoms with van der Waals surface area (Å²) in [6, 6.07) is 3.96. The lowest BCUT2D eigenvalue weighted by atomic mass is 10.0. The maximum absolute atomic E-state index is 12.8. The lowest BCUT2D eigenvalue weighted by Gasteiger charge is -2.24. The van der Waals surface area contributed by atoms with Gasteiger partial charge in [-0.3, -0.25) is 4.79 Å². The molecule has 15 heavy (non-hydrogen) atoms. The van der Waals surface area contributed by atoms with Crippen molar-refractivity contribution in [2.24, 2.45) is 0 Å². The van der Waals surface area contributed by atoms with Crippen LogP contribution < -0.4 is 10.3 Å². The lowest BCUT2D eigenvalue weighted by Crippen LogP contribution is -2.39. The van der Waals surface area contributed by atoms with E-state index in [0.717, 1.165) is 5.56 Å². The molecule has 1 aliphatic rings. The van der Waals surface area contributed by atoms with Crippen molar-refractivity contribution in [1.82, 2.24) is 5.48 Å². The highest BCUT2D eigenvalue weighted by atomic mass is 19.1. The summed E-state index contributed by atoms with van der Waals surface area (Å²) in [6.07, 6.45) is 0.513. The van der Waals surface area contributed by atoms with E-state index in [1.54, 1.807) is 6.07 Å². The van der Waals surface area contributed by atoms with Gasteiger partial charge >= 0.3 is 5.97 Å². The second-order valence-electron chi connectivity index (χ2n) is 3.47. The smallest absolute Gasteiger partial charge is 0.305 e. The van der Waals surface area contributed by atoms with Gasteiger partial charge in [0.2, 0.25) is 0 Å². The van der Waals surface area contributed by atoms with Crippen molar-refractivity contribution < 1.29 is 19.1 Å². The maximum Gasteiger partial charge on any atom is 0.305 e. The van der Waals surface area contributed by atoms with E-state index < -0.39 is 5.97 Å². The summed E-state index contributed by atoms with van der Waals surface area (Å²) < 4.78 is 12.8. The Labute approximate surface area is 85.6 Å². The predicted octanol–water partition coefficient (Wildman–Crippen LogP) is 1.11. The van der Waals surface area contributed by atoms with Crippen molar-refractivity contribution in [3.8, 4) is 5.75 Å². The number of hydrogen-bond acceptors (Lipinski definition) is 3. The molecule has 4 nitrogen and oxygen atoms in total. The molecule has 1 aliphatic heterocycles. The van der Waals surface area contributed by atoms with Gasteiger partial charge in [0.25, 0.3) is 0 Å². The third-order valence-electron chi connectivity index (χ3n) is 2.25. The van der Waals surface area contributed by atoms with Crippen LogP contribution in [-0.2, 0) is 11.2 Å². The third-order valence-corrected chi connectivity index (χ3v) is 2.25. The van der Waals surface area contributed by atoms with E-state index in [9.17, 15) is 9.18 Å². The fraction of sp³-hybridized carbons (Fsp3) is 0.300. The summed E-state index contributed by atoms with van der Waals surface area (Å²) in [4.78, 5) is 15.5. The fourth-order valence-electron chi connectivity index (χ4n) is 1.57. The molecule has 0 radical (unpaired) electrons. The number of carboxylic acid groups (broad SMARTS) is 1. The van der Waals surface area contributed by atoms with E-state index >= 15 is 0 Å². The zero-order chi connectivity index (χ0) is 10.8. The van der Waals surface area contributed by atoms with Gasteiger partial charge in [-0.15, -0.1) is 0 Å². The van der Waals surface area contributed by atoms with Gasteiger partial charge in [0.1, 0.15) is 5.82 Å². The molecule has 0 amide bonds. The summed E-state index contributed by atoms with van der Waals surface area (Å²) in [6.45, 7) is 0. The Bertz CT molecular complexity index is 394. The van der Waals surface area contributed by atoms with Crippen LogP contribution in [0.5, 0.6) is 5.75 Å². The van der Waals surface area contributed by atoms with Gasteiger partial charge in [-0.25, -0.2) is 4.39 Å². The summed E-state index contributed by atoms with van der Waals surface area (Å²) in [5.74, 6) is -0.828. The number of carboxylic acids is 1. The molecule has 0 saturated carbocycles. The number of fused-ring (bicyclic) bond motifs is 1. The van der Waals surface area contributed by atoms with Crippen molar-refractivity contribution in [1.29, 1.82) is 0 Å². The molecule has 0 aliphatic carbocycles. The average molecular weight is 211 g/mol. The molecular formula is C10H10FNO3. The van der Waals surface area contributed by atoms with E-state index in [0.29, 0.717) is 12.2 Å². The molecule has 2 rings (SSSR count). The largest absolute Gasteiger partial charge is 0.481 e. The minimum atomic E-state index is -0.887. The number of benzene rings is 1. The Hall–Kier alpha value is -1.62. The molecule has 80 valence electrons. The number of carbonyl (C=O) groups is 1.